The molecule has 1 aromatic carbocycles. The number of hydrogen-bond donors (Lipinski definition) is 0. The van der Waals surface area contributed by atoms with Gasteiger partial charge in [-0.15, -0.1) is 0 Å². The minimum absolute atomic E-state index is 0.230. The van der Waals surface area contributed by atoms with Crippen molar-refractivity contribution in [3.8, 4) is 0 Å². The lowest BCUT2D eigenvalue weighted by molar-refractivity contribution is -0.135. The Kier molecular flexibility index (Phi) is 5.31. The van der Waals surface area contributed by atoms with Crippen LogP contribution < -0.4 is 0 Å². The van der Waals surface area contributed by atoms with E-state index in [1.54, 1.807) is 4.90 Å². The Morgan fingerprint density at radius 2 is 1.78 bits per heavy atom. The molecule has 4 heteroatoms. The highest BCUT2D eigenvalue weighted by molar-refractivity contribution is 5.76. The molecule has 0 aromatic heterocycles. The van der Waals surface area contributed by atoms with Crippen LogP contribution in [0.15, 0.2) is 18.2 Å². The molecule has 0 unspecified atom stereocenters. The Labute approximate surface area is 138 Å². The molecule has 4 nitrogen and oxygen atoms in total. The van der Waals surface area contributed by atoms with E-state index in [2.05, 4.69) is 18.2 Å². The van der Waals surface area contributed by atoms with Gasteiger partial charge in [-0.3, -0.25) is 9.59 Å². The third-order valence-electron chi connectivity index (χ3n) is 5.09. The van der Waals surface area contributed by atoms with Crippen molar-refractivity contribution >= 4 is 12.3 Å². The molecule has 23 heavy (non-hydrogen) atoms. The molecule has 1 aliphatic heterocycles. The minimum atomic E-state index is 0.230. The smallest absolute Gasteiger partial charge is 0.222 e. The van der Waals surface area contributed by atoms with Crippen molar-refractivity contribution in [1.29, 1.82) is 0 Å². The predicted octanol–water partition coefficient (Wildman–Crippen LogP) is 2.19. The van der Waals surface area contributed by atoms with Crippen molar-refractivity contribution in [3.63, 3.8) is 0 Å². The van der Waals surface area contributed by atoms with E-state index >= 15 is 0 Å². The first-order valence-corrected chi connectivity index (χ1v) is 8.84. The van der Waals surface area contributed by atoms with E-state index in [9.17, 15) is 9.59 Å². The molecule has 1 fully saturated rings. The van der Waals surface area contributed by atoms with Gasteiger partial charge in [0.25, 0.3) is 0 Å². The van der Waals surface area contributed by atoms with Gasteiger partial charge in [0.05, 0.1) is 0 Å². The topological polar surface area (TPSA) is 40.6 Å². The van der Waals surface area contributed by atoms with Crippen LogP contribution in [0.5, 0.6) is 0 Å². The monoisotopic (exact) mass is 314 g/mol. The molecule has 2 amide bonds. The van der Waals surface area contributed by atoms with Gasteiger partial charge in [-0.05, 0) is 55.2 Å². The highest BCUT2D eigenvalue weighted by Crippen LogP contribution is 2.23. The van der Waals surface area contributed by atoms with Crippen molar-refractivity contribution in [2.24, 2.45) is 0 Å². The average molecular weight is 314 g/mol. The summed E-state index contributed by atoms with van der Waals surface area (Å²) < 4.78 is 0. The van der Waals surface area contributed by atoms with E-state index in [0.717, 1.165) is 19.3 Å². The molecule has 1 saturated heterocycles. The molecular formula is C19H26N2O2. The number of rotatable bonds is 5. The molecule has 0 spiro atoms. The molecule has 3 rings (SSSR count). The van der Waals surface area contributed by atoms with Crippen LogP contribution in [0.25, 0.3) is 0 Å². The molecule has 0 atom stereocenters. The largest absolute Gasteiger partial charge is 0.342 e. The van der Waals surface area contributed by atoms with Crippen molar-refractivity contribution in [2.75, 3.05) is 26.2 Å². The van der Waals surface area contributed by atoms with Crippen LogP contribution in [0, 0.1) is 0 Å². The summed E-state index contributed by atoms with van der Waals surface area (Å²) in [7, 11) is 0. The number of aryl methyl sites for hydroxylation is 3. The molecule has 0 saturated carbocycles. The number of fused-ring (bicyclic) bond motifs is 1. The summed E-state index contributed by atoms with van der Waals surface area (Å²) in [6, 6.07) is 6.86. The second-order valence-electron chi connectivity index (χ2n) is 6.69. The maximum atomic E-state index is 12.2. The summed E-state index contributed by atoms with van der Waals surface area (Å²) in [6.45, 7) is 2.69. The average Bonchev–Trinajstić information content (AvgIpc) is 2.61. The maximum Gasteiger partial charge on any atom is 0.222 e. The summed E-state index contributed by atoms with van der Waals surface area (Å²) in [5, 5.41) is 0. The van der Waals surface area contributed by atoms with Crippen LogP contribution in [0.2, 0.25) is 0 Å². The van der Waals surface area contributed by atoms with Gasteiger partial charge in [0, 0.05) is 32.6 Å². The number of hydrogen-bond acceptors (Lipinski definition) is 2. The van der Waals surface area contributed by atoms with E-state index in [0.29, 0.717) is 32.6 Å². The lowest BCUT2D eigenvalue weighted by Crippen LogP contribution is -2.48. The van der Waals surface area contributed by atoms with Gasteiger partial charge in [-0.25, -0.2) is 0 Å². The predicted molar refractivity (Wildman–Crippen MR) is 90.2 cm³/mol. The molecule has 1 heterocycles. The van der Waals surface area contributed by atoms with Gasteiger partial charge in [-0.1, -0.05) is 18.2 Å². The van der Waals surface area contributed by atoms with Crippen LogP contribution in [0.3, 0.4) is 0 Å². The number of nitrogens with zero attached hydrogens (tertiary/aromatic N) is 2. The lowest BCUT2D eigenvalue weighted by atomic mass is 9.89. The Morgan fingerprint density at radius 3 is 2.52 bits per heavy atom. The normalized spacial score (nSPS) is 17.7. The van der Waals surface area contributed by atoms with Crippen molar-refractivity contribution in [1.82, 2.24) is 9.80 Å². The molecule has 1 aliphatic carbocycles. The lowest BCUT2D eigenvalue weighted by Gasteiger charge is -2.32. The van der Waals surface area contributed by atoms with Crippen LogP contribution in [-0.4, -0.2) is 48.3 Å². The summed E-state index contributed by atoms with van der Waals surface area (Å²) >= 11 is 0. The van der Waals surface area contributed by atoms with Gasteiger partial charge in [0.2, 0.25) is 12.3 Å². The Hall–Kier alpha value is -1.84. The zero-order valence-corrected chi connectivity index (χ0v) is 13.8. The van der Waals surface area contributed by atoms with E-state index < -0.39 is 0 Å². The number of carbonyl (C=O) groups is 2. The number of carbonyl (C=O) groups excluding carboxylic acids is 2. The first-order valence-electron chi connectivity index (χ1n) is 8.84. The molecule has 0 radical (unpaired) electrons. The van der Waals surface area contributed by atoms with Crippen molar-refractivity contribution in [2.45, 2.75) is 44.9 Å². The minimum Gasteiger partial charge on any atom is -0.342 e. The van der Waals surface area contributed by atoms with E-state index in [-0.39, 0.29) is 5.91 Å². The van der Waals surface area contributed by atoms with Gasteiger partial charge >= 0.3 is 0 Å². The summed E-state index contributed by atoms with van der Waals surface area (Å²) in [5.41, 5.74) is 4.40. The van der Waals surface area contributed by atoms with Crippen LogP contribution >= 0.6 is 0 Å². The highest BCUT2D eigenvalue weighted by Gasteiger charge is 2.19. The summed E-state index contributed by atoms with van der Waals surface area (Å²) in [5.74, 6) is 0.230. The number of amides is 2. The Balaban J connectivity index is 1.44. The van der Waals surface area contributed by atoms with E-state index in [1.807, 2.05) is 4.90 Å². The quantitative estimate of drug-likeness (QED) is 0.782. The van der Waals surface area contributed by atoms with E-state index in [1.165, 1.54) is 42.4 Å². The first kappa shape index (κ1) is 16.0. The molecule has 0 bridgehead atoms. The second kappa shape index (κ2) is 7.62. The fourth-order valence-corrected chi connectivity index (χ4v) is 3.62. The zero-order chi connectivity index (χ0) is 16.1. The molecule has 2 aliphatic rings. The summed E-state index contributed by atoms with van der Waals surface area (Å²) in [4.78, 5) is 26.6. The van der Waals surface area contributed by atoms with E-state index in [4.69, 9.17) is 0 Å². The fourth-order valence-electron chi connectivity index (χ4n) is 3.62. The highest BCUT2D eigenvalue weighted by atomic mass is 16.2. The maximum absolute atomic E-state index is 12.2. The fraction of sp³-hybridized carbons (Fsp3) is 0.579. The standard InChI is InChI=1S/C19H26N2O2/c22-15-20-10-12-21(13-11-20)19(23)7-3-4-16-8-9-17-5-1-2-6-18(17)14-16/h8-9,14-15H,1-7,10-13H2. The SMILES string of the molecule is O=CN1CCN(C(=O)CCCc2ccc3c(c2)CCCC3)CC1. The van der Waals surface area contributed by atoms with Gasteiger partial charge in [-0.2, -0.15) is 0 Å². The molecule has 0 N–H and O–H groups in total. The third kappa shape index (κ3) is 4.12. The van der Waals surface area contributed by atoms with Crippen LogP contribution in [0.1, 0.15) is 42.4 Å². The zero-order valence-electron chi connectivity index (χ0n) is 13.8. The summed E-state index contributed by atoms with van der Waals surface area (Å²) in [6.07, 6.45) is 8.43. The van der Waals surface area contributed by atoms with Gasteiger partial charge < -0.3 is 9.80 Å². The second-order valence-corrected chi connectivity index (χ2v) is 6.69. The third-order valence-corrected chi connectivity index (χ3v) is 5.09. The van der Waals surface area contributed by atoms with Gasteiger partial charge in [0.1, 0.15) is 0 Å². The number of piperazine rings is 1. The van der Waals surface area contributed by atoms with Crippen molar-refractivity contribution in [3.05, 3.63) is 34.9 Å². The van der Waals surface area contributed by atoms with Crippen LogP contribution in [-0.2, 0) is 28.9 Å². The molecule has 124 valence electrons. The van der Waals surface area contributed by atoms with Crippen molar-refractivity contribution < 1.29 is 9.59 Å². The first-order chi connectivity index (χ1) is 11.3. The Bertz CT molecular complexity index is 562. The van der Waals surface area contributed by atoms with Crippen LogP contribution in [0.4, 0.5) is 0 Å². The number of benzene rings is 1. The molecule has 1 aromatic rings. The van der Waals surface area contributed by atoms with Gasteiger partial charge in [0.15, 0.2) is 0 Å². The molecular weight excluding hydrogens is 288 g/mol. The Morgan fingerprint density at radius 1 is 1.04 bits per heavy atom.